The molecule has 3 saturated carbocycles. The van der Waals surface area contributed by atoms with Gasteiger partial charge in [0.15, 0.2) is 11.6 Å². The molecule has 0 saturated heterocycles. The molecule has 148 valence electrons. The quantitative estimate of drug-likeness (QED) is 0.697. The number of ketones is 2. The van der Waals surface area contributed by atoms with E-state index in [0.717, 1.165) is 38.5 Å². The summed E-state index contributed by atoms with van der Waals surface area (Å²) in [4.78, 5) is 24.9. The predicted molar refractivity (Wildman–Crippen MR) is 103 cm³/mol. The molecule has 0 aromatic rings. The lowest BCUT2D eigenvalue weighted by atomic mass is 9.47. The van der Waals surface area contributed by atoms with Crippen LogP contribution in [0.25, 0.3) is 0 Å². The number of rotatable bonds is 4. The predicted octanol–water partition coefficient (Wildman–Crippen LogP) is 4.10. The zero-order valence-corrected chi connectivity index (χ0v) is 17.0. The fourth-order valence-corrected chi connectivity index (χ4v) is 7.16. The van der Waals surface area contributed by atoms with Crippen LogP contribution in [0.15, 0.2) is 23.8 Å². The van der Waals surface area contributed by atoms with E-state index in [0.29, 0.717) is 17.8 Å². The topological polar surface area (TPSA) is 52.6 Å². The summed E-state index contributed by atoms with van der Waals surface area (Å²) >= 11 is 0. The van der Waals surface area contributed by atoms with E-state index in [1.807, 2.05) is 6.08 Å². The van der Waals surface area contributed by atoms with E-state index in [9.17, 15) is 9.59 Å². The minimum absolute atomic E-state index is 0.0157. The first kappa shape index (κ1) is 19.1. The highest BCUT2D eigenvalue weighted by Gasteiger charge is 2.60. The molecule has 0 heterocycles. The van der Waals surface area contributed by atoms with Crippen LogP contribution in [0.2, 0.25) is 0 Å². The lowest BCUT2D eigenvalue weighted by Gasteiger charge is -2.57. The summed E-state index contributed by atoms with van der Waals surface area (Å²) in [6.45, 7) is 4.66. The van der Waals surface area contributed by atoms with Gasteiger partial charge in [-0.1, -0.05) is 25.5 Å². The van der Waals surface area contributed by atoms with E-state index in [1.165, 1.54) is 5.57 Å². The molecule has 0 N–H and O–H groups in total. The monoisotopic (exact) mass is 372 g/mol. The van der Waals surface area contributed by atoms with Crippen LogP contribution in [0.5, 0.6) is 0 Å². The smallest absolute Gasteiger partial charge is 0.217 e. The summed E-state index contributed by atoms with van der Waals surface area (Å²) in [5.41, 5.74) is 1.38. The molecule has 0 aliphatic heterocycles. The van der Waals surface area contributed by atoms with Crippen LogP contribution < -0.4 is 0 Å². The first-order chi connectivity index (χ1) is 12.8. The molecule has 3 fully saturated rings. The Bertz CT molecular complexity index is 703. The molecular formula is C23H32O4. The Morgan fingerprint density at radius 3 is 2.56 bits per heavy atom. The highest BCUT2D eigenvalue weighted by Crippen LogP contribution is 2.66. The van der Waals surface area contributed by atoms with Gasteiger partial charge in [-0.05, 0) is 73.8 Å². The maximum absolute atomic E-state index is 13.0. The molecule has 0 bridgehead atoms. The van der Waals surface area contributed by atoms with E-state index < -0.39 is 6.29 Å². The van der Waals surface area contributed by atoms with Crippen molar-refractivity contribution in [3.63, 3.8) is 0 Å². The van der Waals surface area contributed by atoms with E-state index in [-0.39, 0.29) is 28.3 Å². The van der Waals surface area contributed by atoms with Crippen LogP contribution in [-0.4, -0.2) is 32.1 Å². The van der Waals surface area contributed by atoms with Crippen LogP contribution in [0.4, 0.5) is 0 Å². The Labute approximate surface area is 162 Å². The molecule has 4 aliphatic carbocycles. The van der Waals surface area contributed by atoms with Gasteiger partial charge in [-0.3, -0.25) is 9.59 Å². The number of hydrogen-bond donors (Lipinski definition) is 0. The van der Waals surface area contributed by atoms with E-state index >= 15 is 0 Å². The molecule has 0 radical (unpaired) electrons. The lowest BCUT2D eigenvalue weighted by molar-refractivity contribution is -0.166. The molecule has 4 heteroatoms. The Balaban J connectivity index is 1.61. The summed E-state index contributed by atoms with van der Waals surface area (Å²) in [6, 6.07) is 0. The van der Waals surface area contributed by atoms with Gasteiger partial charge < -0.3 is 9.47 Å². The lowest BCUT2D eigenvalue weighted by Crippen LogP contribution is -2.51. The minimum Gasteiger partial charge on any atom is -0.349 e. The summed E-state index contributed by atoms with van der Waals surface area (Å²) < 4.78 is 10.6. The summed E-state index contributed by atoms with van der Waals surface area (Å²) in [7, 11) is 3.09. The molecule has 4 rings (SSSR count). The summed E-state index contributed by atoms with van der Waals surface area (Å²) in [5, 5.41) is 0. The average molecular weight is 373 g/mol. The van der Waals surface area contributed by atoms with Gasteiger partial charge in [-0.2, -0.15) is 0 Å². The van der Waals surface area contributed by atoms with Gasteiger partial charge in [-0.15, -0.1) is 0 Å². The maximum Gasteiger partial charge on any atom is 0.217 e. The van der Waals surface area contributed by atoms with Crippen LogP contribution >= 0.6 is 0 Å². The van der Waals surface area contributed by atoms with Gasteiger partial charge in [0.2, 0.25) is 6.29 Å². The zero-order chi connectivity index (χ0) is 19.4. The largest absolute Gasteiger partial charge is 0.349 e. The number of allylic oxidation sites excluding steroid dienone is 4. The number of carbonyl (C=O) groups is 2. The third kappa shape index (κ3) is 2.71. The fraction of sp³-hybridized carbons (Fsp3) is 0.739. The van der Waals surface area contributed by atoms with E-state index in [1.54, 1.807) is 20.3 Å². The number of Topliss-reactive ketones (excluding diaryl/α,β-unsaturated/α-hetero) is 1. The van der Waals surface area contributed by atoms with Crippen molar-refractivity contribution in [3.8, 4) is 0 Å². The number of hydrogen-bond acceptors (Lipinski definition) is 4. The zero-order valence-electron chi connectivity index (χ0n) is 17.0. The van der Waals surface area contributed by atoms with Crippen LogP contribution in [0.1, 0.15) is 52.4 Å². The van der Waals surface area contributed by atoms with Crippen molar-refractivity contribution in [1.82, 2.24) is 0 Å². The highest BCUT2D eigenvalue weighted by atomic mass is 16.7. The Kier molecular flexibility index (Phi) is 4.71. The summed E-state index contributed by atoms with van der Waals surface area (Å²) in [5.74, 6) is 2.07. The number of fused-ring (bicyclic) bond motifs is 5. The Morgan fingerprint density at radius 1 is 1.11 bits per heavy atom. The van der Waals surface area contributed by atoms with Crippen molar-refractivity contribution in [1.29, 1.82) is 0 Å². The van der Waals surface area contributed by atoms with Gasteiger partial charge in [0, 0.05) is 25.6 Å². The van der Waals surface area contributed by atoms with Crippen LogP contribution in [0, 0.1) is 34.5 Å². The fourth-order valence-electron chi connectivity index (χ4n) is 7.16. The Hall–Kier alpha value is -1.26. The molecule has 6 atom stereocenters. The second-order valence-corrected chi connectivity index (χ2v) is 9.48. The second kappa shape index (κ2) is 6.66. The molecule has 0 aromatic heterocycles. The summed E-state index contributed by atoms with van der Waals surface area (Å²) in [6.07, 6.45) is 11.5. The average Bonchev–Trinajstić information content (AvgIpc) is 3.00. The number of ether oxygens (including phenoxy) is 2. The van der Waals surface area contributed by atoms with Gasteiger partial charge in [-0.25, -0.2) is 0 Å². The Morgan fingerprint density at radius 2 is 1.85 bits per heavy atom. The minimum atomic E-state index is -0.742. The van der Waals surface area contributed by atoms with Crippen molar-refractivity contribution < 1.29 is 19.1 Å². The third-order valence-electron chi connectivity index (χ3n) is 8.56. The van der Waals surface area contributed by atoms with Crippen molar-refractivity contribution in [2.45, 2.75) is 58.7 Å². The molecule has 0 unspecified atom stereocenters. The maximum atomic E-state index is 13.0. The van der Waals surface area contributed by atoms with Gasteiger partial charge in [0.05, 0.1) is 0 Å². The SMILES string of the molecule is COC(OC)C(=O)[C@H]1CC[C@H]2[C@@H]3CCC4=CC(=O)C=C[C@]4(C)[C@H]3CC[C@]12C. The van der Waals surface area contributed by atoms with E-state index in [2.05, 4.69) is 19.9 Å². The molecule has 4 aliphatic rings. The number of methoxy groups -OCH3 is 2. The highest BCUT2D eigenvalue weighted by molar-refractivity contribution is 6.01. The first-order valence-corrected chi connectivity index (χ1v) is 10.4. The molecule has 4 nitrogen and oxygen atoms in total. The molecule has 0 amide bonds. The third-order valence-corrected chi connectivity index (χ3v) is 8.56. The van der Waals surface area contributed by atoms with Gasteiger partial charge in [0.1, 0.15) is 0 Å². The van der Waals surface area contributed by atoms with Crippen LogP contribution in [0.3, 0.4) is 0 Å². The first-order valence-electron chi connectivity index (χ1n) is 10.4. The van der Waals surface area contributed by atoms with Crippen molar-refractivity contribution >= 4 is 11.6 Å². The van der Waals surface area contributed by atoms with Crippen molar-refractivity contribution in [2.75, 3.05) is 14.2 Å². The number of carbonyl (C=O) groups excluding carboxylic acids is 2. The van der Waals surface area contributed by atoms with Crippen molar-refractivity contribution in [2.24, 2.45) is 34.5 Å². The molecule has 0 aromatic carbocycles. The molecule has 0 spiro atoms. The van der Waals surface area contributed by atoms with Crippen LogP contribution in [-0.2, 0) is 19.1 Å². The second-order valence-electron chi connectivity index (χ2n) is 9.48. The van der Waals surface area contributed by atoms with E-state index in [4.69, 9.17) is 9.47 Å². The standard InChI is InChI=1S/C23H32O4/c1-22-11-9-15(24)13-14(22)5-6-16-17-7-8-19(20(25)21(26-3)27-4)23(17,2)12-10-18(16)22/h9,11,13,16-19,21H,5-8,10,12H2,1-4H3/t16-,17-,18-,19+,22-,23-/m0/s1. The van der Waals surface area contributed by atoms with Gasteiger partial charge in [0.25, 0.3) is 0 Å². The van der Waals surface area contributed by atoms with Crippen molar-refractivity contribution in [3.05, 3.63) is 23.8 Å². The molecule has 27 heavy (non-hydrogen) atoms. The molecular weight excluding hydrogens is 340 g/mol. The normalized spacial score (nSPS) is 43.1. The van der Waals surface area contributed by atoms with Gasteiger partial charge >= 0.3 is 0 Å².